The number of rotatable bonds is 4. The van der Waals surface area contributed by atoms with Crippen molar-refractivity contribution in [2.24, 2.45) is 0 Å². The zero-order chi connectivity index (χ0) is 13.9. The Kier molecular flexibility index (Phi) is 3.88. The Morgan fingerprint density at radius 3 is 2.85 bits per heavy atom. The molecule has 0 saturated heterocycles. The van der Waals surface area contributed by atoms with Crippen molar-refractivity contribution in [2.75, 3.05) is 0 Å². The maximum Gasteiger partial charge on any atom is 0.120 e. The third-order valence-corrected chi connectivity index (χ3v) is 4.04. The fourth-order valence-electron chi connectivity index (χ4n) is 2.93. The Morgan fingerprint density at radius 1 is 1.30 bits per heavy atom. The summed E-state index contributed by atoms with van der Waals surface area (Å²) in [7, 11) is 0. The molecule has 20 heavy (non-hydrogen) atoms. The molecule has 0 radical (unpaired) electrons. The third-order valence-electron chi connectivity index (χ3n) is 4.04. The SMILES string of the molecule is CC(C)NCc1nc2c([nH]1)CC(c1ccccc1)CC2. The molecule has 0 aliphatic heterocycles. The van der Waals surface area contributed by atoms with Gasteiger partial charge in [0.15, 0.2) is 0 Å². The van der Waals surface area contributed by atoms with Gasteiger partial charge < -0.3 is 10.3 Å². The minimum atomic E-state index is 0.495. The summed E-state index contributed by atoms with van der Waals surface area (Å²) in [6.07, 6.45) is 3.39. The quantitative estimate of drug-likeness (QED) is 0.895. The Hall–Kier alpha value is -1.61. The van der Waals surface area contributed by atoms with E-state index in [0.717, 1.165) is 25.2 Å². The van der Waals surface area contributed by atoms with Crippen LogP contribution in [0.4, 0.5) is 0 Å². The molecule has 2 aromatic rings. The first-order valence-corrected chi connectivity index (χ1v) is 7.57. The van der Waals surface area contributed by atoms with E-state index in [-0.39, 0.29) is 0 Å². The first-order valence-electron chi connectivity index (χ1n) is 7.57. The summed E-state index contributed by atoms with van der Waals surface area (Å²) in [6.45, 7) is 5.16. The maximum absolute atomic E-state index is 4.73. The lowest BCUT2D eigenvalue weighted by Crippen LogP contribution is -2.22. The van der Waals surface area contributed by atoms with Gasteiger partial charge in [0.25, 0.3) is 0 Å². The lowest BCUT2D eigenvalue weighted by Gasteiger charge is -2.21. The summed E-state index contributed by atoms with van der Waals surface area (Å²) in [6, 6.07) is 11.3. The fourth-order valence-corrected chi connectivity index (χ4v) is 2.93. The van der Waals surface area contributed by atoms with Crippen LogP contribution in [0.1, 0.15) is 49.0 Å². The van der Waals surface area contributed by atoms with E-state index in [1.54, 1.807) is 0 Å². The van der Waals surface area contributed by atoms with Crippen LogP contribution in [0.2, 0.25) is 0 Å². The van der Waals surface area contributed by atoms with Gasteiger partial charge in [0.2, 0.25) is 0 Å². The molecule has 3 nitrogen and oxygen atoms in total. The summed E-state index contributed by atoms with van der Waals surface area (Å²) in [5.74, 6) is 1.72. The van der Waals surface area contributed by atoms with Gasteiger partial charge in [0.05, 0.1) is 12.2 Å². The largest absolute Gasteiger partial charge is 0.345 e. The van der Waals surface area contributed by atoms with Gasteiger partial charge in [-0.25, -0.2) is 4.98 Å². The second-order valence-electron chi connectivity index (χ2n) is 5.99. The number of aryl methyl sites for hydroxylation is 1. The van der Waals surface area contributed by atoms with Crippen molar-refractivity contribution in [1.82, 2.24) is 15.3 Å². The van der Waals surface area contributed by atoms with Crippen LogP contribution in [0.15, 0.2) is 30.3 Å². The molecule has 2 N–H and O–H groups in total. The molecule has 1 aliphatic rings. The van der Waals surface area contributed by atoms with Crippen molar-refractivity contribution in [2.45, 2.75) is 51.6 Å². The van der Waals surface area contributed by atoms with E-state index in [4.69, 9.17) is 4.98 Å². The molecule has 1 aromatic heterocycles. The number of nitrogens with one attached hydrogen (secondary N) is 2. The number of aromatic nitrogens is 2. The number of hydrogen-bond donors (Lipinski definition) is 2. The Morgan fingerprint density at radius 2 is 2.10 bits per heavy atom. The highest BCUT2D eigenvalue weighted by Crippen LogP contribution is 2.31. The summed E-state index contributed by atoms with van der Waals surface area (Å²) >= 11 is 0. The number of imidazole rings is 1. The Bertz CT molecular complexity index is 557. The molecule has 106 valence electrons. The summed E-state index contributed by atoms with van der Waals surface area (Å²) in [5, 5.41) is 3.42. The maximum atomic E-state index is 4.73. The zero-order valence-electron chi connectivity index (χ0n) is 12.3. The average molecular weight is 269 g/mol. The molecular formula is C17H23N3. The Labute approximate surface area is 120 Å². The molecule has 0 spiro atoms. The van der Waals surface area contributed by atoms with E-state index in [9.17, 15) is 0 Å². The van der Waals surface area contributed by atoms with Crippen molar-refractivity contribution < 1.29 is 0 Å². The highest BCUT2D eigenvalue weighted by atomic mass is 15.0. The van der Waals surface area contributed by atoms with E-state index >= 15 is 0 Å². The van der Waals surface area contributed by atoms with Crippen LogP contribution < -0.4 is 5.32 Å². The van der Waals surface area contributed by atoms with Crippen LogP contribution in [-0.2, 0) is 19.4 Å². The van der Waals surface area contributed by atoms with Gasteiger partial charge in [0.1, 0.15) is 5.82 Å². The number of hydrogen-bond acceptors (Lipinski definition) is 2. The van der Waals surface area contributed by atoms with Gasteiger partial charge in [0, 0.05) is 11.7 Å². The molecule has 1 unspecified atom stereocenters. The number of fused-ring (bicyclic) bond motifs is 1. The van der Waals surface area contributed by atoms with Crippen LogP contribution in [0.3, 0.4) is 0 Å². The molecule has 0 fully saturated rings. The van der Waals surface area contributed by atoms with Gasteiger partial charge in [-0.15, -0.1) is 0 Å². The van der Waals surface area contributed by atoms with Crippen LogP contribution in [0.5, 0.6) is 0 Å². The molecule has 3 heteroatoms. The van der Waals surface area contributed by atoms with E-state index in [2.05, 4.69) is 54.5 Å². The standard InChI is InChI=1S/C17H23N3/c1-12(2)18-11-17-19-15-9-8-14(10-16(15)20-17)13-6-4-3-5-7-13/h3-7,12,14,18H,8-11H2,1-2H3,(H,19,20). The molecule has 1 heterocycles. The smallest absolute Gasteiger partial charge is 0.120 e. The third kappa shape index (κ3) is 2.93. The molecule has 1 aliphatic carbocycles. The molecule has 1 atom stereocenters. The van der Waals surface area contributed by atoms with E-state index < -0.39 is 0 Å². The van der Waals surface area contributed by atoms with Gasteiger partial charge in [-0.05, 0) is 30.7 Å². The van der Waals surface area contributed by atoms with Crippen molar-refractivity contribution >= 4 is 0 Å². The first-order chi connectivity index (χ1) is 9.72. The molecule has 0 saturated carbocycles. The number of nitrogens with zero attached hydrogens (tertiary/aromatic N) is 1. The van der Waals surface area contributed by atoms with Gasteiger partial charge in [-0.3, -0.25) is 0 Å². The van der Waals surface area contributed by atoms with Crippen LogP contribution in [-0.4, -0.2) is 16.0 Å². The molecule has 0 amide bonds. The monoisotopic (exact) mass is 269 g/mol. The fraction of sp³-hybridized carbons (Fsp3) is 0.471. The van der Waals surface area contributed by atoms with Gasteiger partial charge >= 0.3 is 0 Å². The second kappa shape index (κ2) is 5.80. The molecule has 1 aromatic carbocycles. The summed E-state index contributed by atoms with van der Waals surface area (Å²) < 4.78 is 0. The van der Waals surface area contributed by atoms with Crippen molar-refractivity contribution in [3.63, 3.8) is 0 Å². The second-order valence-corrected chi connectivity index (χ2v) is 5.99. The van der Waals surface area contributed by atoms with E-state index in [1.807, 2.05) is 0 Å². The van der Waals surface area contributed by atoms with Gasteiger partial charge in [-0.2, -0.15) is 0 Å². The van der Waals surface area contributed by atoms with Crippen molar-refractivity contribution in [3.8, 4) is 0 Å². The molecule has 3 rings (SSSR count). The minimum absolute atomic E-state index is 0.495. The topological polar surface area (TPSA) is 40.7 Å². The van der Waals surface area contributed by atoms with Crippen LogP contribution >= 0.6 is 0 Å². The molecule has 0 bridgehead atoms. The minimum Gasteiger partial charge on any atom is -0.345 e. The number of benzene rings is 1. The van der Waals surface area contributed by atoms with Gasteiger partial charge in [-0.1, -0.05) is 44.2 Å². The van der Waals surface area contributed by atoms with Crippen LogP contribution in [0, 0.1) is 0 Å². The highest BCUT2D eigenvalue weighted by Gasteiger charge is 2.23. The van der Waals surface area contributed by atoms with Crippen LogP contribution in [0.25, 0.3) is 0 Å². The van der Waals surface area contributed by atoms with Crippen molar-refractivity contribution in [1.29, 1.82) is 0 Å². The Balaban J connectivity index is 1.71. The lowest BCUT2D eigenvalue weighted by molar-refractivity contribution is 0.572. The van der Waals surface area contributed by atoms with E-state index in [1.165, 1.54) is 23.4 Å². The molecular weight excluding hydrogens is 246 g/mol. The van der Waals surface area contributed by atoms with E-state index in [0.29, 0.717) is 12.0 Å². The predicted octanol–water partition coefficient (Wildman–Crippen LogP) is 3.18. The van der Waals surface area contributed by atoms with Crippen molar-refractivity contribution in [3.05, 3.63) is 53.1 Å². The number of aromatic amines is 1. The normalized spacial score (nSPS) is 18.2. The highest BCUT2D eigenvalue weighted by molar-refractivity contribution is 5.27. The summed E-state index contributed by atoms with van der Waals surface area (Å²) in [5.41, 5.74) is 4.07. The zero-order valence-corrected chi connectivity index (χ0v) is 12.3. The predicted molar refractivity (Wildman–Crippen MR) is 81.8 cm³/mol. The summed E-state index contributed by atoms with van der Waals surface area (Å²) in [4.78, 5) is 8.25. The first kappa shape index (κ1) is 13.4. The lowest BCUT2D eigenvalue weighted by atomic mass is 9.85. The number of H-pyrrole nitrogens is 1. The average Bonchev–Trinajstić information content (AvgIpc) is 2.88.